The van der Waals surface area contributed by atoms with E-state index in [4.69, 9.17) is 5.11 Å². The van der Waals surface area contributed by atoms with Crippen molar-refractivity contribution in [1.29, 1.82) is 0 Å². The van der Waals surface area contributed by atoms with Crippen molar-refractivity contribution in [3.8, 4) is 0 Å². The van der Waals surface area contributed by atoms with Crippen LogP contribution in [0.5, 0.6) is 0 Å². The van der Waals surface area contributed by atoms with Crippen molar-refractivity contribution in [1.82, 2.24) is 4.57 Å². The SMILES string of the molecule is CC(C)Cn1cc(C(=O)O)c(=O)c2ccsc21. The Morgan fingerprint density at radius 3 is 2.82 bits per heavy atom. The van der Waals surface area contributed by atoms with Crippen LogP contribution in [-0.2, 0) is 6.54 Å². The molecule has 0 aliphatic rings. The highest BCUT2D eigenvalue weighted by Gasteiger charge is 2.15. The molecule has 0 aliphatic heterocycles. The van der Waals surface area contributed by atoms with E-state index in [9.17, 15) is 9.59 Å². The number of aromatic carboxylic acids is 1. The third-order valence-electron chi connectivity index (χ3n) is 2.47. The maximum absolute atomic E-state index is 11.9. The molecule has 0 atom stereocenters. The van der Waals surface area contributed by atoms with Gasteiger partial charge in [-0.25, -0.2) is 4.79 Å². The van der Waals surface area contributed by atoms with Crippen LogP contribution in [0.15, 0.2) is 22.4 Å². The normalized spacial score (nSPS) is 11.2. The van der Waals surface area contributed by atoms with Crippen LogP contribution in [0.4, 0.5) is 0 Å². The van der Waals surface area contributed by atoms with Gasteiger partial charge in [0, 0.05) is 12.7 Å². The van der Waals surface area contributed by atoms with E-state index >= 15 is 0 Å². The summed E-state index contributed by atoms with van der Waals surface area (Å²) in [5.74, 6) is -0.773. The molecule has 1 N–H and O–H groups in total. The van der Waals surface area contributed by atoms with Crippen LogP contribution >= 0.6 is 11.3 Å². The van der Waals surface area contributed by atoms with Gasteiger partial charge in [-0.15, -0.1) is 11.3 Å². The standard InChI is InChI=1S/C12H13NO3S/c1-7(2)5-13-6-9(12(15)16)10(14)8-3-4-17-11(8)13/h3-4,6-7H,5H2,1-2H3,(H,15,16). The molecule has 0 aromatic carbocycles. The van der Waals surface area contributed by atoms with Crippen molar-refractivity contribution < 1.29 is 9.90 Å². The van der Waals surface area contributed by atoms with Gasteiger partial charge in [-0.05, 0) is 17.4 Å². The van der Waals surface area contributed by atoms with Gasteiger partial charge in [-0.3, -0.25) is 4.79 Å². The summed E-state index contributed by atoms with van der Waals surface area (Å²) in [5.41, 5.74) is -0.551. The van der Waals surface area contributed by atoms with Crippen molar-refractivity contribution in [2.75, 3.05) is 0 Å². The predicted octanol–water partition coefficient (Wildman–Crippen LogP) is 2.42. The Labute approximate surface area is 102 Å². The number of thiophene rings is 1. The van der Waals surface area contributed by atoms with Crippen molar-refractivity contribution in [3.63, 3.8) is 0 Å². The van der Waals surface area contributed by atoms with E-state index in [0.717, 1.165) is 4.83 Å². The summed E-state index contributed by atoms with van der Waals surface area (Å²) in [6.45, 7) is 4.81. The monoisotopic (exact) mass is 251 g/mol. The van der Waals surface area contributed by atoms with Crippen molar-refractivity contribution >= 4 is 27.5 Å². The van der Waals surface area contributed by atoms with Gasteiger partial charge >= 0.3 is 5.97 Å². The van der Waals surface area contributed by atoms with Crippen LogP contribution < -0.4 is 5.43 Å². The molecule has 2 aromatic heterocycles. The van der Waals surface area contributed by atoms with E-state index in [2.05, 4.69) is 13.8 Å². The highest BCUT2D eigenvalue weighted by atomic mass is 32.1. The van der Waals surface area contributed by atoms with E-state index in [1.807, 2.05) is 9.95 Å². The number of fused-ring (bicyclic) bond motifs is 1. The molecule has 0 bridgehead atoms. The summed E-state index contributed by atoms with van der Waals surface area (Å²) >= 11 is 1.46. The maximum Gasteiger partial charge on any atom is 0.341 e. The largest absolute Gasteiger partial charge is 0.477 e. The van der Waals surface area contributed by atoms with Crippen molar-refractivity contribution in [2.45, 2.75) is 20.4 Å². The first-order valence-electron chi connectivity index (χ1n) is 5.34. The fraction of sp³-hybridized carbons (Fsp3) is 0.333. The molecule has 0 saturated heterocycles. The van der Waals surface area contributed by atoms with E-state index < -0.39 is 11.4 Å². The number of hydrogen-bond donors (Lipinski definition) is 1. The first-order valence-corrected chi connectivity index (χ1v) is 6.22. The van der Waals surface area contributed by atoms with E-state index in [0.29, 0.717) is 17.8 Å². The average Bonchev–Trinajstić information content (AvgIpc) is 2.70. The zero-order valence-corrected chi connectivity index (χ0v) is 10.5. The highest BCUT2D eigenvalue weighted by molar-refractivity contribution is 7.16. The van der Waals surface area contributed by atoms with Crippen LogP contribution in [0.2, 0.25) is 0 Å². The van der Waals surface area contributed by atoms with Crippen LogP contribution in [0.1, 0.15) is 24.2 Å². The lowest BCUT2D eigenvalue weighted by Gasteiger charge is -2.11. The molecule has 0 saturated carbocycles. The Morgan fingerprint density at radius 1 is 1.53 bits per heavy atom. The lowest BCUT2D eigenvalue weighted by molar-refractivity contribution is 0.0694. The molecule has 0 spiro atoms. The third kappa shape index (κ3) is 2.10. The summed E-state index contributed by atoms with van der Waals surface area (Å²) in [6.07, 6.45) is 1.45. The molecule has 0 amide bonds. The summed E-state index contributed by atoms with van der Waals surface area (Å²) in [5, 5.41) is 11.3. The molecule has 0 unspecified atom stereocenters. The number of nitrogens with zero attached hydrogens (tertiary/aromatic N) is 1. The van der Waals surface area contributed by atoms with Gasteiger partial charge in [0.25, 0.3) is 0 Å². The van der Waals surface area contributed by atoms with E-state index in [1.165, 1.54) is 17.5 Å². The lowest BCUT2D eigenvalue weighted by Crippen LogP contribution is -2.18. The van der Waals surface area contributed by atoms with E-state index in [-0.39, 0.29) is 5.56 Å². The van der Waals surface area contributed by atoms with Gasteiger partial charge in [-0.2, -0.15) is 0 Å². The molecular weight excluding hydrogens is 238 g/mol. The Morgan fingerprint density at radius 2 is 2.24 bits per heavy atom. The number of rotatable bonds is 3. The minimum atomic E-state index is -1.17. The molecule has 0 fully saturated rings. The Bertz CT molecular complexity index is 624. The number of carboxylic acid groups (broad SMARTS) is 1. The first kappa shape index (κ1) is 11.9. The zero-order valence-electron chi connectivity index (χ0n) is 9.64. The zero-order chi connectivity index (χ0) is 12.6. The van der Waals surface area contributed by atoms with Crippen LogP contribution in [0.25, 0.3) is 10.2 Å². The summed E-state index contributed by atoms with van der Waals surface area (Å²) in [4.78, 5) is 23.7. The number of carboxylic acids is 1. The average molecular weight is 251 g/mol. The molecule has 0 radical (unpaired) electrons. The Balaban J connectivity index is 2.74. The van der Waals surface area contributed by atoms with Crippen LogP contribution in [0.3, 0.4) is 0 Å². The number of carbonyl (C=O) groups is 1. The third-order valence-corrected chi connectivity index (χ3v) is 3.42. The van der Waals surface area contributed by atoms with Gasteiger partial charge < -0.3 is 9.67 Å². The summed E-state index contributed by atoms with van der Waals surface area (Å²) in [6, 6.07) is 1.69. The maximum atomic E-state index is 11.9. The van der Waals surface area contributed by atoms with E-state index in [1.54, 1.807) is 6.07 Å². The van der Waals surface area contributed by atoms with Gasteiger partial charge in [0.1, 0.15) is 10.4 Å². The second kappa shape index (κ2) is 4.33. The van der Waals surface area contributed by atoms with Crippen LogP contribution in [0, 0.1) is 5.92 Å². The smallest absolute Gasteiger partial charge is 0.341 e. The fourth-order valence-electron chi connectivity index (χ4n) is 1.80. The quantitative estimate of drug-likeness (QED) is 0.911. The summed E-state index contributed by atoms with van der Waals surface area (Å²) < 4.78 is 1.86. The molecule has 90 valence electrons. The van der Waals surface area contributed by atoms with Crippen molar-refractivity contribution in [3.05, 3.63) is 33.4 Å². The second-order valence-electron chi connectivity index (χ2n) is 4.36. The number of pyridine rings is 1. The minimum absolute atomic E-state index is 0.156. The fourth-order valence-corrected chi connectivity index (χ4v) is 2.68. The molecular formula is C12H13NO3S. The Kier molecular flexibility index (Phi) is 3.02. The van der Waals surface area contributed by atoms with Gasteiger partial charge in [0.2, 0.25) is 5.43 Å². The topological polar surface area (TPSA) is 59.3 Å². The van der Waals surface area contributed by atoms with Gasteiger partial charge in [0.15, 0.2) is 0 Å². The molecule has 17 heavy (non-hydrogen) atoms. The molecule has 0 aliphatic carbocycles. The molecule has 2 heterocycles. The minimum Gasteiger partial charge on any atom is -0.477 e. The van der Waals surface area contributed by atoms with Crippen LogP contribution in [-0.4, -0.2) is 15.6 Å². The lowest BCUT2D eigenvalue weighted by atomic mass is 10.2. The first-order chi connectivity index (χ1) is 8.00. The number of aromatic nitrogens is 1. The van der Waals surface area contributed by atoms with Gasteiger partial charge in [-0.1, -0.05) is 13.8 Å². The van der Waals surface area contributed by atoms with Gasteiger partial charge in [0.05, 0.1) is 5.39 Å². The molecule has 5 heteroatoms. The highest BCUT2D eigenvalue weighted by Crippen LogP contribution is 2.19. The second-order valence-corrected chi connectivity index (χ2v) is 5.26. The molecule has 2 aromatic rings. The summed E-state index contributed by atoms with van der Waals surface area (Å²) in [7, 11) is 0. The molecule has 4 nitrogen and oxygen atoms in total. The number of hydrogen-bond acceptors (Lipinski definition) is 3. The van der Waals surface area contributed by atoms with Crippen molar-refractivity contribution in [2.24, 2.45) is 5.92 Å². The predicted molar refractivity (Wildman–Crippen MR) is 67.9 cm³/mol. The molecule has 2 rings (SSSR count). The Hall–Kier alpha value is -1.62.